The quantitative estimate of drug-likeness (QED) is 0.245. The lowest BCUT2D eigenvalue weighted by atomic mass is 9.89. The summed E-state index contributed by atoms with van der Waals surface area (Å²) in [7, 11) is 0. The molecule has 0 atom stereocenters. The molecule has 0 aliphatic rings. The predicted molar refractivity (Wildman–Crippen MR) is 125 cm³/mol. The van der Waals surface area contributed by atoms with Crippen LogP contribution in [0.4, 0.5) is 0 Å². The summed E-state index contributed by atoms with van der Waals surface area (Å²) in [6.45, 7) is 10.0. The van der Waals surface area contributed by atoms with Gasteiger partial charge in [-0.25, -0.2) is 0 Å². The van der Waals surface area contributed by atoms with Gasteiger partial charge in [0.2, 0.25) is 0 Å². The highest BCUT2D eigenvalue weighted by atomic mass is 15.1. The van der Waals surface area contributed by atoms with E-state index in [-0.39, 0.29) is 0 Å². The summed E-state index contributed by atoms with van der Waals surface area (Å²) in [4.78, 5) is 2.53. The van der Waals surface area contributed by atoms with E-state index in [0.29, 0.717) is 0 Å². The Morgan fingerprint density at radius 1 is 0.571 bits per heavy atom. The van der Waals surface area contributed by atoms with Crippen molar-refractivity contribution in [3.8, 4) is 0 Å². The lowest BCUT2D eigenvalue weighted by Crippen LogP contribution is -2.22. The van der Waals surface area contributed by atoms with Crippen molar-refractivity contribution in [1.82, 2.24) is 4.90 Å². The van der Waals surface area contributed by atoms with E-state index >= 15 is 0 Å². The maximum atomic E-state index is 2.53. The van der Waals surface area contributed by atoms with Gasteiger partial charge in [-0.2, -0.15) is 0 Å². The molecule has 0 fully saturated rings. The minimum absolute atomic E-state index is 1.03. The van der Waals surface area contributed by atoms with Gasteiger partial charge in [0.05, 0.1) is 0 Å². The molecule has 0 aliphatic heterocycles. The molecule has 0 saturated carbocycles. The largest absolute Gasteiger partial charge is 0.300 e. The second-order valence-electron chi connectivity index (χ2n) is 8.03. The molecule has 0 spiro atoms. The molecule has 28 heavy (non-hydrogen) atoms. The van der Waals surface area contributed by atoms with Crippen molar-refractivity contribution in [3.05, 3.63) is 59.7 Å². The van der Waals surface area contributed by atoms with Gasteiger partial charge in [-0.1, -0.05) is 101 Å². The van der Waals surface area contributed by atoms with Gasteiger partial charge < -0.3 is 0 Å². The molecular formula is C27H37N. The summed E-state index contributed by atoms with van der Waals surface area (Å²) in [5, 5.41) is 5.84. The van der Waals surface area contributed by atoms with Crippen molar-refractivity contribution in [3.63, 3.8) is 0 Å². The van der Waals surface area contributed by atoms with Crippen LogP contribution in [-0.2, 0) is 13.0 Å². The molecule has 1 nitrogen and oxygen atoms in total. The van der Waals surface area contributed by atoms with Gasteiger partial charge in [0, 0.05) is 6.54 Å². The summed E-state index contributed by atoms with van der Waals surface area (Å²) in [6, 6.07) is 18.2. The molecule has 0 heterocycles. The first-order chi connectivity index (χ1) is 13.8. The lowest BCUT2D eigenvalue weighted by molar-refractivity contribution is 0.298. The van der Waals surface area contributed by atoms with E-state index in [1.54, 1.807) is 5.56 Å². The van der Waals surface area contributed by atoms with Crippen LogP contribution in [0.15, 0.2) is 48.5 Å². The van der Waals surface area contributed by atoms with Gasteiger partial charge in [-0.05, 0) is 58.6 Å². The Labute approximate surface area is 171 Å². The summed E-state index contributed by atoms with van der Waals surface area (Å²) < 4.78 is 0. The molecule has 0 saturated heterocycles. The molecule has 0 amide bonds. The SMILES string of the molecule is CCCCCCCCc1c2ccccc2c(CN(CC)CC)c2ccccc12. The molecule has 3 rings (SSSR count). The fourth-order valence-electron chi connectivity index (χ4n) is 4.50. The van der Waals surface area contributed by atoms with Crippen molar-refractivity contribution in [1.29, 1.82) is 0 Å². The highest BCUT2D eigenvalue weighted by Gasteiger charge is 2.14. The van der Waals surface area contributed by atoms with Crippen LogP contribution in [0.2, 0.25) is 0 Å². The highest BCUT2D eigenvalue weighted by Crippen LogP contribution is 2.34. The van der Waals surface area contributed by atoms with E-state index in [9.17, 15) is 0 Å². The zero-order chi connectivity index (χ0) is 19.8. The van der Waals surface area contributed by atoms with E-state index in [1.807, 2.05) is 0 Å². The van der Waals surface area contributed by atoms with Crippen molar-refractivity contribution in [2.75, 3.05) is 13.1 Å². The maximum absolute atomic E-state index is 2.53. The average molecular weight is 376 g/mol. The first-order valence-corrected chi connectivity index (χ1v) is 11.4. The molecule has 0 N–H and O–H groups in total. The summed E-state index contributed by atoms with van der Waals surface area (Å²) in [6.07, 6.45) is 9.31. The van der Waals surface area contributed by atoms with Gasteiger partial charge in [0.25, 0.3) is 0 Å². The Bertz CT molecular complexity index is 819. The molecule has 1 heteroatoms. The van der Waals surface area contributed by atoms with Gasteiger partial charge >= 0.3 is 0 Å². The van der Waals surface area contributed by atoms with Crippen LogP contribution in [0.3, 0.4) is 0 Å². The topological polar surface area (TPSA) is 3.24 Å². The molecule has 0 aromatic heterocycles. The molecule has 0 aliphatic carbocycles. The number of aryl methyl sites for hydroxylation is 1. The minimum atomic E-state index is 1.03. The van der Waals surface area contributed by atoms with Gasteiger partial charge in [0.1, 0.15) is 0 Å². The highest BCUT2D eigenvalue weighted by molar-refractivity contribution is 6.05. The number of benzene rings is 3. The van der Waals surface area contributed by atoms with Crippen LogP contribution in [0, 0.1) is 0 Å². The van der Waals surface area contributed by atoms with Crippen LogP contribution in [0.25, 0.3) is 21.5 Å². The molecule has 0 bridgehead atoms. The number of rotatable bonds is 11. The minimum Gasteiger partial charge on any atom is -0.300 e. The van der Waals surface area contributed by atoms with Crippen LogP contribution in [0.5, 0.6) is 0 Å². The van der Waals surface area contributed by atoms with Crippen molar-refractivity contribution >= 4 is 21.5 Å². The molecule has 150 valence electrons. The molecule has 3 aromatic rings. The zero-order valence-electron chi connectivity index (χ0n) is 18.1. The first-order valence-electron chi connectivity index (χ1n) is 11.4. The fourth-order valence-corrected chi connectivity index (χ4v) is 4.50. The Balaban J connectivity index is 1.99. The van der Waals surface area contributed by atoms with E-state index in [1.165, 1.54) is 72.1 Å². The Hall–Kier alpha value is -1.86. The van der Waals surface area contributed by atoms with E-state index in [0.717, 1.165) is 19.6 Å². The maximum Gasteiger partial charge on any atom is 0.0245 e. The summed E-state index contributed by atoms with van der Waals surface area (Å²) in [5.41, 5.74) is 3.06. The van der Waals surface area contributed by atoms with Crippen molar-refractivity contribution in [2.45, 2.75) is 72.3 Å². The number of fused-ring (bicyclic) bond motifs is 2. The van der Waals surface area contributed by atoms with Gasteiger partial charge in [0.15, 0.2) is 0 Å². The standard InChI is InChI=1S/C27H37N/c1-4-7-8-9-10-11-16-22-23-17-12-14-19-25(23)27(21-28(5-2)6-3)26-20-15-13-18-24(22)26/h12-15,17-20H,4-11,16,21H2,1-3H3. The normalized spacial score (nSPS) is 11.7. The van der Waals surface area contributed by atoms with Crippen LogP contribution in [-0.4, -0.2) is 18.0 Å². The number of unbranched alkanes of at least 4 members (excludes halogenated alkanes) is 5. The van der Waals surface area contributed by atoms with Crippen molar-refractivity contribution in [2.24, 2.45) is 0 Å². The Morgan fingerprint density at radius 2 is 1.04 bits per heavy atom. The monoisotopic (exact) mass is 375 g/mol. The average Bonchev–Trinajstić information content (AvgIpc) is 2.75. The summed E-state index contributed by atoms with van der Waals surface area (Å²) in [5.74, 6) is 0. The Kier molecular flexibility index (Phi) is 7.91. The van der Waals surface area contributed by atoms with E-state index in [2.05, 4.69) is 74.2 Å². The van der Waals surface area contributed by atoms with Crippen molar-refractivity contribution < 1.29 is 0 Å². The molecule has 0 radical (unpaired) electrons. The number of hydrogen-bond donors (Lipinski definition) is 0. The predicted octanol–water partition coefficient (Wildman–Crippen LogP) is 7.74. The smallest absolute Gasteiger partial charge is 0.0245 e. The van der Waals surface area contributed by atoms with Gasteiger partial charge in [-0.15, -0.1) is 0 Å². The van der Waals surface area contributed by atoms with E-state index in [4.69, 9.17) is 0 Å². The second-order valence-corrected chi connectivity index (χ2v) is 8.03. The van der Waals surface area contributed by atoms with Crippen LogP contribution in [0.1, 0.15) is 70.4 Å². The van der Waals surface area contributed by atoms with Gasteiger partial charge in [-0.3, -0.25) is 4.90 Å². The second kappa shape index (κ2) is 10.6. The molecular weight excluding hydrogens is 338 g/mol. The van der Waals surface area contributed by atoms with Crippen LogP contribution >= 0.6 is 0 Å². The van der Waals surface area contributed by atoms with Crippen LogP contribution < -0.4 is 0 Å². The number of hydrogen-bond acceptors (Lipinski definition) is 1. The van der Waals surface area contributed by atoms with E-state index < -0.39 is 0 Å². The first kappa shape index (κ1) is 20.9. The fraction of sp³-hybridized carbons (Fsp3) is 0.481. The number of nitrogens with zero attached hydrogens (tertiary/aromatic N) is 1. The lowest BCUT2D eigenvalue weighted by Gasteiger charge is -2.22. The zero-order valence-corrected chi connectivity index (χ0v) is 18.1. The Morgan fingerprint density at radius 3 is 1.54 bits per heavy atom. The third-order valence-electron chi connectivity index (χ3n) is 6.21. The molecule has 0 unspecified atom stereocenters. The third kappa shape index (κ3) is 4.75. The molecule has 3 aromatic carbocycles. The summed E-state index contributed by atoms with van der Waals surface area (Å²) >= 11 is 0. The third-order valence-corrected chi connectivity index (χ3v) is 6.21.